The predicted molar refractivity (Wildman–Crippen MR) is 109 cm³/mol. The number of amides is 1. The fourth-order valence-corrected chi connectivity index (χ4v) is 2.92. The standard InChI is InChI=1S/C22H19N3O4/c1-3-28-16-7-4-6-14(12-16)21(26)24-17-13-15(9-10-18(17)27-2)22-25-20-19(29-22)8-5-11-23-20/h4-13H,3H2,1-2H3,(H,24,26). The lowest BCUT2D eigenvalue weighted by Crippen LogP contribution is -2.13. The largest absolute Gasteiger partial charge is 0.495 e. The van der Waals surface area contributed by atoms with Gasteiger partial charge >= 0.3 is 0 Å². The molecule has 0 aliphatic carbocycles. The van der Waals surface area contributed by atoms with Crippen molar-refractivity contribution in [3.63, 3.8) is 0 Å². The normalized spacial score (nSPS) is 10.7. The van der Waals surface area contributed by atoms with Gasteiger partial charge in [0, 0.05) is 17.3 Å². The summed E-state index contributed by atoms with van der Waals surface area (Å²) in [5, 5.41) is 2.89. The number of oxazole rings is 1. The molecule has 1 N–H and O–H groups in total. The molecule has 7 nitrogen and oxygen atoms in total. The maximum absolute atomic E-state index is 12.8. The van der Waals surface area contributed by atoms with Gasteiger partial charge in [-0.2, -0.15) is 4.98 Å². The first-order valence-corrected chi connectivity index (χ1v) is 9.12. The molecule has 2 aromatic heterocycles. The van der Waals surface area contributed by atoms with Crippen LogP contribution in [0.4, 0.5) is 5.69 Å². The molecule has 0 spiro atoms. The highest BCUT2D eigenvalue weighted by atomic mass is 16.5. The highest BCUT2D eigenvalue weighted by Crippen LogP contribution is 2.32. The lowest BCUT2D eigenvalue weighted by molar-refractivity contribution is 0.102. The third-order valence-corrected chi connectivity index (χ3v) is 4.27. The molecule has 1 amide bonds. The van der Waals surface area contributed by atoms with Crippen molar-refractivity contribution in [3.8, 4) is 23.0 Å². The Kier molecular flexibility index (Phi) is 5.11. The fourth-order valence-electron chi connectivity index (χ4n) is 2.92. The Hall–Kier alpha value is -3.87. The Bertz CT molecular complexity index is 1140. The van der Waals surface area contributed by atoms with E-state index in [9.17, 15) is 4.79 Å². The van der Waals surface area contributed by atoms with E-state index >= 15 is 0 Å². The molecule has 7 heteroatoms. The minimum atomic E-state index is -0.277. The molecule has 0 aliphatic rings. The quantitative estimate of drug-likeness (QED) is 0.521. The Labute approximate surface area is 167 Å². The smallest absolute Gasteiger partial charge is 0.255 e. The maximum Gasteiger partial charge on any atom is 0.255 e. The maximum atomic E-state index is 12.8. The molecular formula is C22H19N3O4. The molecule has 29 heavy (non-hydrogen) atoms. The van der Waals surface area contributed by atoms with Crippen LogP contribution in [0.15, 0.2) is 65.2 Å². The van der Waals surface area contributed by atoms with Gasteiger partial charge in [0.1, 0.15) is 11.5 Å². The number of pyridine rings is 1. The van der Waals surface area contributed by atoms with Gasteiger partial charge in [-0.1, -0.05) is 6.07 Å². The van der Waals surface area contributed by atoms with Gasteiger partial charge in [0.2, 0.25) is 5.89 Å². The molecule has 0 radical (unpaired) electrons. The molecule has 146 valence electrons. The van der Waals surface area contributed by atoms with E-state index in [2.05, 4.69) is 15.3 Å². The van der Waals surface area contributed by atoms with Crippen LogP contribution < -0.4 is 14.8 Å². The zero-order valence-electron chi connectivity index (χ0n) is 16.0. The van der Waals surface area contributed by atoms with Gasteiger partial charge < -0.3 is 19.2 Å². The summed E-state index contributed by atoms with van der Waals surface area (Å²) in [7, 11) is 1.55. The average Bonchev–Trinajstić information content (AvgIpc) is 3.18. The van der Waals surface area contributed by atoms with Crippen LogP contribution in [0.25, 0.3) is 22.7 Å². The zero-order chi connectivity index (χ0) is 20.2. The number of anilines is 1. The van der Waals surface area contributed by atoms with Gasteiger partial charge in [-0.3, -0.25) is 4.79 Å². The Morgan fingerprint density at radius 2 is 2.03 bits per heavy atom. The van der Waals surface area contributed by atoms with Gasteiger partial charge in [0.25, 0.3) is 5.91 Å². The number of hydrogen-bond donors (Lipinski definition) is 1. The number of carbonyl (C=O) groups is 1. The number of carbonyl (C=O) groups excluding carboxylic acids is 1. The Morgan fingerprint density at radius 3 is 2.83 bits per heavy atom. The molecule has 0 saturated carbocycles. The second-order valence-electron chi connectivity index (χ2n) is 6.17. The molecule has 0 unspecified atom stereocenters. The number of hydrogen-bond acceptors (Lipinski definition) is 6. The van der Waals surface area contributed by atoms with Crippen LogP contribution in [0.1, 0.15) is 17.3 Å². The number of nitrogens with one attached hydrogen (secondary N) is 1. The van der Waals surface area contributed by atoms with Crippen LogP contribution in [0, 0.1) is 0 Å². The van der Waals surface area contributed by atoms with Gasteiger partial charge in [0.05, 0.1) is 19.4 Å². The van der Waals surface area contributed by atoms with Crippen molar-refractivity contribution in [1.29, 1.82) is 0 Å². The van der Waals surface area contributed by atoms with Gasteiger partial charge in [-0.05, 0) is 55.5 Å². The number of aromatic nitrogens is 2. The lowest BCUT2D eigenvalue weighted by Gasteiger charge is -2.12. The fraction of sp³-hybridized carbons (Fsp3) is 0.136. The van der Waals surface area contributed by atoms with Crippen LogP contribution in [-0.2, 0) is 0 Å². The molecule has 0 saturated heterocycles. The molecule has 2 heterocycles. The summed E-state index contributed by atoms with van der Waals surface area (Å²) in [4.78, 5) is 21.3. The van der Waals surface area contributed by atoms with E-state index in [1.54, 1.807) is 55.8 Å². The summed E-state index contributed by atoms with van der Waals surface area (Å²) in [6.45, 7) is 2.42. The van der Waals surface area contributed by atoms with Crippen LogP contribution in [0.3, 0.4) is 0 Å². The van der Waals surface area contributed by atoms with Crippen LogP contribution >= 0.6 is 0 Å². The summed E-state index contributed by atoms with van der Waals surface area (Å²) < 4.78 is 16.6. The zero-order valence-corrected chi connectivity index (χ0v) is 16.0. The Morgan fingerprint density at radius 1 is 1.14 bits per heavy atom. The van der Waals surface area contributed by atoms with Crippen LogP contribution in [-0.4, -0.2) is 29.6 Å². The van der Waals surface area contributed by atoms with Crippen LogP contribution in [0.5, 0.6) is 11.5 Å². The monoisotopic (exact) mass is 389 g/mol. The number of benzene rings is 2. The number of ether oxygens (including phenoxy) is 2. The van der Waals surface area contributed by atoms with E-state index in [1.807, 2.05) is 19.1 Å². The van der Waals surface area contributed by atoms with E-state index in [0.717, 1.165) is 0 Å². The van der Waals surface area contributed by atoms with E-state index in [1.165, 1.54) is 0 Å². The first kappa shape index (κ1) is 18.5. The van der Waals surface area contributed by atoms with Gasteiger partial charge in [0.15, 0.2) is 11.2 Å². The first-order valence-electron chi connectivity index (χ1n) is 9.12. The highest BCUT2D eigenvalue weighted by Gasteiger charge is 2.15. The van der Waals surface area contributed by atoms with Gasteiger partial charge in [-0.15, -0.1) is 0 Å². The van der Waals surface area contributed by atoms with Crippen molar-refractivity contribution in [2.75, 3.05) is 19.0 Å². The summed E-state index contributed by atoms with van der Waals surface area (Å²) in [5.74, 6) is 1.30. The van der Waals surface area contributed by atoms with E-state index < -0.39 is 0 Å². The third-order valence-electron chi connectivity index (χ3n) is 4.27. The SMILES string of the molecule is CCOc1cccc(C(=O)Nc2cc(-c3nc4ncccc4o3)ccc2OC)c1. The van der Waals surface area contributed by atoms with Crippen molar-refractivity contribution in [3.05, 3.63) is 66.4 Å². The summed E-state index contributed by atoms with van der Waals surface area (Å²) >= 11 is 0. The summed E-state index contributed by atoms with van der Waals surface area (Å²) in [6, 6.07) is 15.9. The number of rotatable bonds is 6. The van der Waals surface area contributed by atoms with Crippen molar-refractivity contribution >= 4 is 22.8 Å². The van der Waals surface area contributed by atoms with E-state index in [0.29, 0.717) is 52.0 Å². The van der Waals surface area contributed by atoms with Crippen molar-refractivity contribution in [2.24, 2.45) is 0 Å². The van der Waals surface area contributed by atoms with Crippen molar-refractivity contribution in [1.82, 2.24) is 9.97 Å². The molecule has 4 rings (SSSR count). The van der Waals surface area contributed by atoms with Crippen molar-refractivity contribution < 1.29 is 18.7 Å². The predicted octanol–water partition coefficient (Wildman–Crippen LogP) is 4.55. The molecular weight excluding hydrogens is 370 g/mol. The molecule has 4 aromatic rings. The summed E-state index contributed by atoms with van der Waals surface area (Å²) in [5.41, 5.74) is 2.80. The molecule has 0 fully saturated rings. The van der Waals surface area contributed by atoms with E-state index in [4.69, 9.17) is 13.9 Å². The molecule has 2 aromatic carbocycles. The van der Waals surface area contributed by atoms with E-state index in [-0.39, 0.29) is 5.91 Å². The number of methoxy groups -OCH3 is 1. The number of fused-ring (bicyclic) bond motifs is 1. The Balaban J connectivity index is 1.65. The highest BCUT2D eigenvalue weighted by molar-refractivity contribution is 6.05. The molecule has 0 aliphatic heterocycles. The average molecular weight is 389 g/mol. The second-order valence-corrected chi connectivity index (χ2v) is 6.17. The van der Waals surface area contributed by atoms with Crippen molar-refractivity contribution in [2.45, 2.75) is 6.92 Å². The minimum absolute atomic E-state index is 0.277. The van der Waals surface area contributed by atoms with Crippen LogP contribution in [0.2, 0.25) is 0 Å². The molecule has 0 atom stereocenters. The lowest BCUT2D eigenvalue weighted by atomic mass is 10.1. The minimum Gasteiger partial charge on any atom is -0.495 e. The topological polar surface area (TPSA) is 86.5 Å². The number of nitrogens with zero attached hydrogens (tertiary/aromatic N) is 2. The first-order chi connectivity index (χ1) is 14.2. The second kappa shape index (κ2) is 8.02. The molecule has 0 bridgehead atoms. The third kappa shape index (κ3) is 3.89. The summed E-state index contributed by atoms with van der Waals surface area (Å²) in [6.07, 6.45) is 1.66. The van der Waals surface area contributed by atoms with Gasteiger partial charge in [-0.25, -0.2) is 4.98 Å².